The normalized spacial score (nSPS) is 14.7. The molecule has 2 aromatic carbocycles. The van der Waals surface area contributed by atoms with E-state index in [0.717, 1.165) is 34.7 Å². The lowest BCUT2D eigenvalue weighted by atomic mass is 10.1. The molecule has 0 unspecified atom stereocenters. The summed E-state index contributed by atoms with van der Waals surface area (Å²) in [5, 5.41) is 13.7. The van der Waals surface area contributed by atoms with Gasteiger partial charge in [0.25, 0.3) is 5.91 Å². The molecule has 0 bridgehead atoms. The van der Waals surface area contributed by atoms with Crippen LogP contribution in [0.5, 0.6) is 5.75 Å². The highest BCUT2D eigenvalue weighted by Gasteiger charge is 2.32. The number of benzene rings is 2. The highest BCUT2D eigenvalue weighted by molar-refractivity contribution is 8.26. The lowest BCUT2D eigenvalue weighted by molar-refractivity contribution is -0.137. The second-order valence-electron chi connectivity index (χ2n) is 7.92. The topological polar surface area (TPSA) is 84.7 Å². The molecule has 0 radical (unpaired) electrons. The Morgan fingerprint density at radius 1 is 1.17 bits per heavy atom. The summed E-state index contributed by atoms with van der Waals surface area (Å²) in [5.74, 6) is -0.316. The second kappa shape index (κ2) is 11.3. The quantitative estimate of drug-likeness (QED) is 0.291. The molecule has 180 valence electrons. The molecule has 35 heavy (non-hydrogen) atoms. The number of aromatic nitrogens is 2. The highest BCUT2D eigenvalue weighted by Crippen LogP contribution is 2.35. The molecule has 0 saturated carbocycles. The van der Waals surface area contributed by atoms with Crippen LogP contribution in [-0.4, -0.2) is 49.1 Å². The third-order valence-electron chi connectivity index (χ3n) is 5.30. The Morgan fingerprint density at radius 3 is 2.60 bits per heavy atom. The molecule has 3 aromatic rings. The van der Waals surface area contributed by atoms with Gasteiger partial charge in [0.2, 0.25) is 0 Å². The largest absolute Gasteiger partial charge is 0.494 e. The van der Waals surface area contributed by atoms with Crippen molar-refractivity contribution in [1.82, 2.24) is 14.7 Å². The van der Waals surface area contributed by atoms with Crippen molar-refractivity contribution in [2.24, 2.45) is 0 Å². The predicted octanol–water partition coefficient (Wildman–Crippen LogP) is 5.39. The van der Waals surface area contributed by atoms with E-state index in [1.807, 2.05) is 60.8 Å². The van der Waals surface area contributed by atoms with Crippen molar-refractivity contribution in [3.8, 4) is 22.7 Å². The third kappa shape index (κ3) is 5.98. The van der Waals surface area contributed by atoms with Gasteiger partial charge in [0, 0.05) is 30.3 Å². The van der Waals surface area contributed by atoms with Gasteiger partial charge in [-0.05, 0) is 55.3 Å². The number of thiocarbonyl (C=S) groups is 1. The number of carbonyl (C=O) groups is 2. The number of hydrogen-bond acceptors (Lipinski definition) is 6. The maximum Gasteiger partial charge on any atom is 0.303 e. The number of amides is 1. The summed E-state index contributed by atoms with van der Waals surface area (Å²) >= 11 is 6.61. The van der Waals surface area contributed by atoms with Crippen molar-refractivity contribution < 1.29 is 19.4 Å². The lowest BCUT2D eigenvalue weighted by Crippen LogP contribution is -2.29. The maximum absolute atomic E-state index is 13.0. The van der Waals surface area contributed by atoms with Crippen molar-refractivity contribution in [3.63, 3.8) is 0 Å². The van der Waals surface area contributed by atoms with Gasteiger partial charge in [0.05, 0.1) is 22.9 Å². The number of carboxylic acids is 1. The molecule has 0 aliphatic carbocycles. The van der Waals surface area contributed by atoms with E-state index < -0.39 is 5.97 Å². The second-order valence-corrected chi connectivity index (χ2v) is 9.59. The van der Waals surface area contributed by atoms with Crippen LogP contribution in [0.15, 0.2) is 65.7 Å². The summed E-state index contributed by atoms with van der Waals surface area (Å²) in [6, 6.07) is 17.5. The molecular formula is C26H25N3O4S2. The molecule has 7 nitrogen and oxygen atoms in total. The van der Waals surface area contributed by atoms with E-state index in [1.165, 1.54) is 16.7 Å². The van der Waals surface area contributed by atoms with E-state index in [4.69, 9.17) is 27.2 Å². The van der Waals surface area contributed by atoms with Crippen LogP contribution >= 0.6 is 24.0 Å². The fraction of sp³-hybridized carbons (Fsp3) is 0.231. The van der Waals surface area contributed by atoms with Crippen LogP contribution in [0.1, 0.15) is 31.7 Å². The Bertz CT molecular complexity index is 1250. The molecule has 1 aliphatic heterocycles. The molecule has 1 aromatic heterocycles. The number of carbonyl (C=O) groups excluding carboxylic acids is 1. The summed E-state index contributed by atoms with van der Waals surface area (Å²) in [6.45, 7) is 3.00. The summed E-state index contributed by atoms with van der Waals surface area (Å²) in [5.41, 5.74) is 3.30. The molecule has 0 spiro atoms. The van der Waals surface area contributed by atoms with Crippen molar-refractivity contribution >= 4 is 46.3 Å². The van der Waals surface area contributed by atoms with Gasteiger partial charge in [0.15, 0.2) is 0 Å². The predicted molar refractivity (Wildman–Crippen MR) is 142 cm³/mol. The Labute approximate surface area is 213 Å². The first-order chi connectivity index (χ1) is 17.0. The van der Waals surface area contributed by atoms with Crippen LogP contribution in [0.4, 0.5) is 0 Å². The number of ether oxygens (including phenoxy) is 1. The van der Waals surface area contributed by atoms with Gasteiger partial charge >= 0.3 is 5.97 Å². The smallest absolute Gasteiger partial charge is 0.303 e. The van der Waals surface area contributed by atoms with Crippen molar-refractivity contribution in [3.05, 3.63) is 71.3 Å². The Balaban J connectivity index is 1.66. The van der Waals surface area contributed by atoms with Gasteiger partial charge in [-0.2, -0.15) is 5.10 Å². The first kappa shape index (κ1) is 24.7. The van der Waals surface area contributed by atoms with Crippen LogP contribution < -0.4 is 4.74 Å². The van der Waals surface area contributed by atoms with Gasteiger partial charge in [-0.15, -0.1) is 0 Å². The van der Waals surface area contributed by atoms with Gasteiger partial charge < -0.3 is 9.84 Å². The summed E-state index contributed by atoms with van der Waals surface area (Å²) in [7, 11) is 0. The van der Waals surface area contributed by atoms with Crippen LogP contribution in [0.25, 0.3) is 23.0 Å². The van der Waals surface area contributed by atoms with Crippen LogP contribution in [-0.2, 0) is 9.59 Å². The summed E-state index contributed by atoms with van der Waals surface area (Å²) in [6.07, 6.45) is 4.96. The fourth-order valence-corrected chi connectivity index (χ4v) is 4.88. The van der Waals surface area contributed by atoms with E-state index in [2.05, 4.69) is 6.92 Å². The Hall–Kier alpha value is -3.43. The minimum absolute atomic E-state index is 0.0118. The standard InChI is InChI=1S/C26H25N3O4S2/c1-2-15-33-21-12-10-18(11-13-21)24-19(17-29(27-24)20-7-4-3-5-8-20)16-22-25(32)28(26(34)35-22)14-6-9-23(30)31/h3-5,7-8,10-13,16-17H,2,6,9,14-15H2,1H3,(H,30,31)/b22-16+. The SMILES string of the molecule is CCCOc1ccc(-c2nn(-c3ccccc3)cc2/C=C2/SC(=S)N(CCCC(=O)O)C2=O)cc1. The molecule has 1 fully saturated rings. The van der Waals surface area contributed by atoms with Gasteiger partial charge in [-0.1, -0.05) is 49.1 Å². The summed E-state index contributed by atoms with van der Waals surface area (Å²) < 4.78 is 7.92. The number of thioether (sulfide) groups is 1. The van der Waals surface area contributed by atoms with Crippen LogP contribution in [0.2, 0.25) is 0 Å². The average molecular weight is 508 g/mol. The van der Waals surface area contributed by atoms with Gasteiger partial charge in [-0.3, -0.25) is 14.5 Å². The molecule has 4 rings (SSSR count). The first-order valence-corrected chi connectivity index (χ1v) is 12.5. The minimum Gasteiger partial charge on any atom is -0.494 e. The molecule has 1 amide bonds. The molecule has 9 heteroatoms. The number of hydrogen-bond donors (Lipinski definition) is 1. The number of rotatable bonds is 10. The van der Waals surface area contributed by atoms with Gasteiger partial charge in [-0.25, -0.2) is 4.68 Å². The van der Waals surface area contributed by atoms with E-state index in [9.17, 15) is 9.59 Å². The zero-order valence-electron chi connectivity index (χ0n) is 19.2. The van der Waals surface area contributed by atoms with E-state index in [1.54, 1.807) is 10.8 Å². The average Bonchev–Trinajstić information content (AvgIpc) is 3.40. The highest BCUT2D eigenvalue weighted by atomic mass is 32.2. The molecule has 1 saturated heterocycles. The monoisotopic (exact) mass is 507 g/mol. The Kier molecular flexibility index (Phi) is 7.99. The van der Waals surface area contributed by atoms with E-state index >= 15 is 0 Å². The third-order valence-corrected chi connectivity index (χ3v) is 6.67. The van der Waals surface area contributed by atoms with Gasteiger partial charge in [0.1, 0.15) is 10.1 Å². The van der Waals surface area contributed by atoms with Crippen molar-refractivity contribution in [2.75, 3.05) is 13.2 Å². The number of carboxylic acid groups (broad SMARTS) is 1. The molecule has 1 N–H and O–H groups in total. The summed E-state index contributed by atoms with van der Waals surface area (Å²) in [4.78, 5) is 25.8. The zero-order chi connectivity index (χ0) is 24.8. The molecule has 0 atom stereocenters. The van der Waals surface area contributed by atoms with E-state index in [0.29, 0.717) is 22.3 Å². The maximum atomic E-state index is 13.0. The minimum atomic E-state index is -0.893. The molecule has 1 aliphatic rings. The Morgan fingerprint density at radius 2 is 1.91 bits per heavy atom. The fourth-order valence-electron chi connectivity index (χ4n) is 3.58. The van der Waals surface area contributed by atoms with Crippen LogP contribution in [0, 0.1) is 0 Å². The zero-order valence-corrected chi connectivity index (χ0v) is 20.8. The first-order valence-electron chi connectivity index (χ1n) is 11.3. The van der Waals surface area contributed by atoms with Crippen molar-refractivity contribution in [2.45, 2.75) is 26.2 Å². The number of aliphatic carboxylic acids is 1. The number of para-hydroxylation sites is 1. The molecule has 2 heterocycles. The number of nitrogens with zero attached hydrogens (tertiary/aromatic N) is 3. The van der Waals surface area contributed by atoms with Crippen LogP contribution in [0.3, 0.4) is 0 Å². The lowest BCUT2D eigenvalue weighted by Gasteiger charge is -2.13. The molecular weight excluding hydrogens is 482 g/mol. The van der Waals surface area contributed by atoms with Crippen molar-refractivity contribution in [1.29, 1.82) is 0 Å². The van der Waals surface area contributed by atoms with E-state index in [-0.39, 0.29) is 18.9 Å².